The summed E-state index contributed by atoms with van der Waals surface area (Å²) in [6.07, 6.45) is -1.95. The molecule has 2 N–H and O–H groups in total. The molecule has 0 aliphatic heterocycles. The topological polar surface area (TPSA) is 82.0 Å². The van der Waals surface area contributed by atoms with E-state index in [1.54, 1.807) is 0 Å². The minimum atomic E-state index is -2.95. The number of rotatable bonds is 2. The van der Waals surface area contributed by atoms with Gasteiger partial charge in [-0.05, 0) is 22.4 Å². The number of hydrogen-bond acceptors (Lipinski definition) is 4. The van der Waals surface area contributed by atoms with E-state index in [9.17, 15) is 18.9 Å². The minimum Gasteiger partial charge on any atom is -0.395 e. The smallest absolute Gasteiger partial charge is 0.372 e. The van der Waals surface area contributed by atoms with E-state index in [1.807, 2.05) is 0 Å². The first-order chi connectivity index (χ1) is 6.45. The van der Waals surface area contributed by atoms with Gasteiger partial charge < -0.3 is 15.8 Å². The van der Waals surface area contributed by atoms with Gasteiger partial charge in [0.1, 0.15) is 5.56 Å². The van der Waals surface area contributed by atoms with Gasteiger partial charge in [-0.25, -0.2) is 8.78 Å². The van der Waals surface area contributed by atoms with Crippen LogP contribution in [-0.4, -0.2) is 9.91 Å². The minimum absolute atomic E-state index is 0.00157. The van der Waals surface area contributed by atoms with Crippen LogP contribution in [0, 0.1) is 17.0 Å². The molecule has 1 aromatic rings. The molecule has 0 aromatic carbocycles. The molecule has 0 saturated carbocycles. The molecule has 0 bridgehead atoms. The lowest BCUT2D eigenvalue weighted by Gasteiger charge is -2.06. The predicted molar refractivity (Wildman–Crippen MR) is 45.0 cm³/mol. The zero-order valence-electron chi connectivity index (χ0n) is 7.20. The van der Waals surface area contributed by atoms with Crippen molar-refractivity contribution in [3.05, 3.63) is 27.4 Å². The van der Waals surface area contributed by atoms with Crippen LogP contribution in [0.1, 0.15) is 17.6 Å². The van der Waals surface area contributed by atoms with Crippen LogP contribution in [0.2, 0.25) is 0 Å². The molecule has 0 amide bonds. The third-order valence-electron chi connectivity index (χ3n) is 1.79. The van der Waals surface area contributed by atoms with Crippen molar-refractivity contribution in [3.8, 4) is 0 Å². The Morgan fingerprint density at radius 2 is 2.21 bits per heavy atom. The third-order valence-corrected chi connectivity index (χ3v) is 1.79. The Kier molecular flexibility index (Phi) is 2.59. The first-order valence-electron chi connectivity index (χ1n) is 3.62. The van der Waals surface area contributed by atoms with Crippen molar-refractivity contribution in [2.24, 2.45) is 0 Å². The van der Waals surface area contributed by atoms with Gasteiger partial charge in [-0.1, -0.05) is 0 Å². The zero-order chi connectivity index (χ0) is 10.9. The lowest BCUT2D eigenvalue weighted by Crippen LogP contribution is -2.04. The normalized spacial score (nSPS) is 10.6. The molecule has 1 heterocycles. The summed E-state index contributed by atoms with van der Waals surface area (Å²) in [6.45, 7) is 1.30. The Balaban J connectivity index is 3.45. The van der Waals surface area contributed by atoms with Crippen LogP contribution < -0.4 is 5.73 Å². The summed E-state index contributed by atoms with van der Waals surface area (Å²) >= 11 is 0. The van der Waals surface area contributed by atoms with Crippen LogP contribution in [0.5, 0.6) is 0 Å². The molecule has 76 valence electrons. The largest absolute Gasteiger partial charge is 0.395 e. The van der Waals surface area contributed by atoms with Crippen molar-refractivity contribution in [1.82, 2.24) is 4.98 Å². The fraction of sp³-hybridized carbons (Fsp3) is 0.286. The number of anilines is 1. The lowest BCUT2D eigenvalue weighted by molar-refractivity contribution is -0.391. The Hall–Kier alpha value is -1.79. The molecule has 1 aromatic heterocycles. The second-order valence-corrected chi connectivity index (χ2v) is 2.63. The number of aromatic nitrogens is 1. The molecule has 0 radical (unpaired) electrons. The van der Waals surface area contributed by atoms with E-state index in [0.717, 1.165) is 6.20 Å². The Labute approximate surface area is 77.7 Å². The highest BCUT2D eigenvalue weighted by Gasteiger charge is 2.26. The van der Waals surface area contributed by atoms with Crippen molar-refractivity contribution < 1.29 is 13.7 Å². The predicted octanol–water partition coefficient (Wildman–Crippen LogP) is 1.82. The second kappa shape index (κ2) is 3.52. The summed E-state index contributed by atoms with van der Waals surface area (Å²) in [6, 6.07) is 0. The number of nitro groups is 1. The molecule has 0 aliphatic rings. The third kappa shape index (κ3) is 1.61. The fourth-order valence-electron chi connectivity index (χ4n) is 1.03. The van der Waals surface area contributed by atoms with Crippen LogP contribution in [0.25, 0.3) is 0 Å². The highest BCUT2D eigenvalue weighted by atomic mass is 19.3. The van der Waals surface area contributed by atoms with Crippen molar-refractivity contribution in [2.45, 2.75) is 13.3 Å². The van der Waals surface area contributed by atoms with Crippen LogP contribution in [0.3, 0.4) is 0 Å². The van der Waals surface area contributed by atoms with E-state index in [2.05, 4.69) is 4.98 Å². The van der Waals surface area contributed by atoms with E-state index < -0.39 is 22.7 Å². The quantitative estimate of drug-likeness (QED) is 0.587. The number of nitrogens with zero attached hydrogens (tertiary/aromatic N) is 2. The zero-order valence-corrected chi connectivity index (χ0v) is 7.20. The van der Waals surface area contributed by atoms with Crippen molar-refractivity contribution in [2.75, 3.05) is 5.73 Å². The number of pyridine rings is 1. The van der Waals surface area contributed by atoms with Crippen LogP contribution in [0.4, 0.5) is 20.3 Å². The standard InChI is InChI=1S/C7H7F2N3O2/c1-3-4(10)2-11-7(12(13)14)5(3)6(8)9/h2,6H,10H2,1H3. The van der Waals surface area contributed by atoms with E-state index >= 15 is 0 Å². The molecule has 0 atom stereocenters. The molecular formula is C7H7F2N3O2. The van der Waals surface area contributed by atoms with Crippen molar-refractivity contribution in [1.29, 1.82) is 0 Å². The first kappa shape index (κ1) is 10.3. The highest BCUT2D eigenvalue weighted by molar-refractivity contribution is 5.54. The number of hydrogen-bond donors (Lipinski definition) is 1. The summed E-state index contributed by atoms with van der Waals surface area (Å²) in [4.78, 5) is 12.7. The van der Waals surface area contributed by atoms with Gasteiger partial charge in [-0.15, -0.1) is 0 Å². The highest BCUT2D eigenvalue weighted by Crippen LogP contribution is 2.32. The lowest BCUT2D eigenvalue weighted by atomic mass is 10.1. The molecule has 0 spiro atoms. The Morgan fingerprint density at radius 3 is 2.64 bits per heavy atom. The Morgan fingerprint density at radius 1 is 1.64 bits per heavy atom. The van der Waals surface area contributed by atoms with Crippen LogP contribution in [-0.2, 0) is 0 Å². The van der Waals surface area contributed by atoms with Crippen LogP contribution in [0.15, 0.2) is 6.20 Å². The number of alkyl halides is 2. The molecule has 14 heavy (non-hydrogen) atoms. The van der Waals surface area contributed by atoms with Crippen LogP contribution >= 0.6 is 0 Å². The van der Waals surface area contributed by atoms with Gasteiger partial charge in [0.25, 0.3) is 6.43 Å². The average molecular weight is 203 g/mol. The van der Waals surface area contributed by atoms with Crippen molar-refractivity contribution >= 4 is 11.5 Å². The molecule has 0 saturated heterocycles. The maximum Gasteiger partial charge on any atom is 0.372 e. The van der Waals surface area contributed by atoms with Gasteiger partial charge >= 0.3 is 5.82 Å². The molecule has 5 nitrogen and oxygen atoms in total. The number of nitrogens with two attached hydrogens (primary N) is 1. The summed E-state index contributed by atoms with van der Waals surface area (Å²) in [5.74, 6) is -0.841. The van der Waals surface area contributed by atoms with Gasteiger partial charge in [-0.3, -0.25) is 0 Å². The SMILES string of the molecule is Cc1c(N)cnc([N+](=O)[O-])c1C(F)F. The van der Waals surface area contributed by atoms with E-state index in [1.165, 1.54) is 6.92 Å². The summed E-state index contributed by atoms with van der Waals surface area (Å²) in [5, 5.41) is 10.4. The van der Waals surface area contributed by atoms with E-state index in [0.29, 0.717) is 0 Å². The van der Waals surface area contributed by atoms with Gasteiger partial charge in [-0.2, -0.15) is 0 Å². The summed E-state index contributed by atoms with van der Waals surface area (Å²) in [7, 11) is 0. The Bertz CT molecular complexity index is 381. The van der Waals surface area contributed by atoms with Gasteiger partial charge in [0.05, 0.1) is 5.69 Å². The molecule has 1 rings (SSSR count). The number of nitrogen functional groups attached to an aromatic ring is 1. The molecule has 0 fully saturated rings. The van der Waals surface area contributed by atoms with Gasteiger partial charge in [0.15, 0.2) is 6.20 Å². The maximum atomic E-state index is 12.4. The molecular weight excluding hydrogens is 196 g/mol. The number of halogens is 2. The molecule has 0 unspecified atom stereocenters. The van der Waals surface area contributed by atoms with Crippen molar-refractivity contribution in [3.63, 3.8) is 0 Å². The average Bonchev–Trinajstić information content (AvgIpc) is 2.08. The van der Waals surface area contributed by atoms with Gasteiger partial charge in [0.2, 0.25) is 0 Å². The molecule has 7 heteroatoms. The summed E-state index contributed by atoms with van der Waals surface area (Å²) < 4.78 is 24.9. The second-order valence-electron chi connectivity index (χ2n) is 2.63. The molecule has 0 aliphatic carbocycles. The monoisotopic (exact) mass is 203 g/mol. The first-order valence-corrected chi connectivity index (χ1v) is 3.62. The maximum absolute atomic E-state index is 12.4. The summed E-state index contributed by atoms with van der Waals surface area (Å²) in [5.41, 5.74) is 4.62. The van der Waals surface area contributed by atoms with E-state index in [-0.39, 0.29) is 11.3 Å². The fourth-order valence-corrected chi connectivity index (χ4v) is 1.03. The van der Waals surface area contributed by atoms with Gasteiger partial charge in [0, 0.05) is 0 Å². The van der Waals surface area contributed by atoms with E-state index in [4.69, 9.17) is 5.73 Å².